The van der Waals surface area contributed by atoms with Crippen molar-refractivity contribution in [2.75, 3.05) is 26.1 Å². The quantitative estimate of drug-likeness (QED) is 0.846. The topological polar surface area (TPSA) is 73.3 Å². The molecule has 1 aromatic heterocycles. The Balaban J connectivity index is 1.85. The zero-order chi connectivity index (χ0) is 15.1. The molecule has 0 fully saturated rings. The van der Waals surface area contributed by atoms with E-state index in [1.54, 1.807) is 7.11 Å². The van der Waals surface area contributed by atoms with E-state index in [4.69, 9.17) is 9.47 Å². The van der Waals surface area contributed by atoms with Crippen LogP contribution in [0.5, 0.6) is 5.75 Å². The minimum Gasteiger partial charge on any atom is -0.497 e. The van der Waals surface area contributed by atoms with Crippen molar-refractivity contribution in [2.45, 2.75) is 12.8 Å². The van der Waals surface area contributed by atoms with E-state index in [0.717, 1.165) is 23.6 Å². The summed E-state index contributed by atoms with van der Waals surface area (Å²) in [5.74, 6) is 0.619. The smallest absolute Gasteiger partial charge is 0.252 e. The van der Waals surface area contributed by atoms with E-state index < -0.39 is 0 Å². The molecule has 21 heavy (non-hydrogen) atoms. The lowest BCUT2D eigenvalue weighted by Gasteiger charge is -2.01. The van der Waals surface area contributed by atoms with Gasteiger partial charge in [-0.15, -0.1) is 10.2 Å². The van der Waals surface area contributed by atoms with Gasteiger partial charge in [-0.25, -0.2) is 0 Å². The third kappa shape index (κ3) is 4.80. The number of rotatable bonds is 7. The van der Waals surface area contributed by atoms with Gasteiger partial charge < -0.3 is 9.47 Å². The Morgan fingerprint density at radius 3 is 2.62 bits per heavy atom. The van der Waals surface area contributed by atoms with Crippen molar-refractivity contribution < 1.29 is 14.3 Å². The van der Waals surface area contributed by atoms with Crippen LogP contribution in [0.2, 0.25) is 0 Å². The first-order valence-corrected chi connectivity index (χ1v) is 7.27. The maximum Gasteiger partial charge on any atom is 0.252 e. The lowest BCUT2D eigenvalue weighted by atomic mass is 10.1. The lowest BCUT2D eigenvalue weighted by Crippen LogP contribution is -2.16. The van der Waals surface area contributed by atoms with Crippen LogP contribution in [0, 0.1) is 0 Å². The molecule has 0 aliphatic heterocycles. The fourth-order valence-electron chi connectivity index (χ4n) is 1.74. The maximum atomic E-state index is 11.4. The van der Waals surface area contributed by atoms with Gasteiger partial charge in [0.25, 0.3) is 5.91 Å². The number of amides is 1. The van der Waals surface area contributed by atoms with Crippen LogP contribution in [0.25, 0.3) is 0 Å². The average molecular weight is 307 g/mol. The highest BCUT2D eigenvalue weighted by Crippen LogP contribution is 2.18. The molecule has 6 nitrogen and oxygen atoms in total. The summed E-state index contributed by atoms with van der Waals surface area (Å²) in [6, 6.07) is 7.93. The second-order valence-corrected chi connectivity index (χ2v) is 5.39. The predicted octanol–water partition coefficient (Wildman–Crippen LogP) is 1.92. The fourth-order valence-corrected chi connectivity index (χ4v) is 2.49. The van der Waals surface area contributed by atoms with Gasteiger partial charge in [0.2, 0.25) is 5.13 Å². The molecule has 0 spiro atoms. The van der Waals surface area contributed by atoms with E-state index in [9.17, 15) is 4.79 Å². The molecule has 0 radical (unpaired) electrons. The Hall–Kier alpha value is -1.99. The van der Waals surface area contributed by atoms with Crippen molar-refractivity contribution >= 4 is 22.4 Å². The predicted molar refractivity (Wildman–Crippen MR) is 80.8 cm³/mol. The van der Waals surface area contributed by atoms with Gasteiger partial charge in [-0.1, -0.05) is 23.5 Å². The van der Waals surface area contributed by atoms with Gasteiger partial charge in [0.1, 0.15) is 17.4 Å². The van der Waals surface area contributed by atoms with Crippen molar-refractivity contribution in [2.24, 2.45) is 0 Å². The van der Waals surface area contributed by atoms with Gasteiger partial charge in [-0.2, -0.15) is 0 Å². The van der Waals surface area contributed by atoms with Crippen molar-refractivity contribution in [1.29, 1.82) is 0 Å². The largest absolute Gasteiger partial charge is 0.497 e. The lowest BCUT2D eigenvalue weighted by molar-refractivity contribution is -0.119. The summed E-state index contributed by atoms with van der Waals surface area (Å²) in [6.07, 6.45) is 1.65. The molecule has 2 rings (SSSR count). The van der Waals surface area contributed by atoms with Crippen LogP contribution in [0.4, 0.5) is 5.13 Å². The summed E-state index contributed by atoms with van der Waals surface area (Å²) in [4.78, 5) is 11.4. The highest BCUT2D eigenvalue weighted by molar-refractivity contribution is 7.15. The van der Waals surface area contributed by atoms with Crippen molar-refractivity contribution in [1.82, 2.24) is 10.2 Å². The molecular weight excluding hydrogens is 290 g/mol. The second-order valence-electron chi connectivity index (χ2n) is 4.33. The number of carbonyl (C=O) groups is 1. The Kier molecular flexibility index (Phi) is 5.65. The van der Waals surface area contributed by atoms with Gasteiger partial charge >= 0.3 is 0 Å². The van der Waals surface area contributed by atoms with Crippen LogP contribution in [-0.2, 0) is 22.4 Å². The summed E-state index contributed by atoms with van der Waals surface area (Å²) in [5, 5.41) is 12.0. The Morgan fingerprint density at radius 1 is 1.19 bits per heavy atom. The van der Waals surface area contributed by atoms with Crippen molar-refractivity contribution in [3.05, 3.63) is 34.8 Å². The molecule has 0 unspecified atom stereocenters. The SMILES string of the molecule is COCC(=O)Nc1nnc(CCc2ccc(OC)cc2)s1. The number of hydrogen-bond acceptors (Lipinski definition) is 6. The number of nitrogens with zero attached hydrogens (tertiary/aromatic N) is 2. The third-order valence-corrected chi connectivity index (χ3v) is 3.67. The van der Waals surface area contributed by atoms with E-state index in [0.29, 0.717) is 5.13 Å². The minimum absolute atomic E-state index is 0.0146. The van der Waals surface area contributed by atoms with Gasteiger partial charge in [-0.3, -0.25) is 10.1 Å². The van der Waals surface area contributed by atoms with E-state index >= 15 is 0 Å². The number of carbonyl (C=O) groups excluding carboxylic acids is 1. The molecule has 0 saturated carbocycles. The van der Waals surface area contributed by atoms with Crippen molar-refractivity contribution in [3.8, 4) is 5.75 Å². The number of methoxy groups -OCH3 is 2. The van der Waals surface area contributed by atoms with Crippen LogP contribution >= 0.6 is 11.3 Å². The molecule has 0 aliphatic carbocycles. The number of aromatic nitrogens is 2. The number of nitrogens with one attached hydrogen (secondary N) is 1. The zero-order valence-electron chi connectivity index (χ0n) is 12.0. The van der Waals surface area contributed by atoms with Crippen molar-refractivity contribution in [3.63, 3.8) is 0 Å². The van der Waals surface area contributed by atoms with Crippen LogP contribution < -0.4 is 10.1 Å². The molecule has 112 valence electrons. The summed E-state index contributed by atoms with van der Waals surface area (Å²) >= 11 is 1.38. The first-order chi connectivity index (χ1) is 10.2. The number of aryl methyl sites for hydroxylation is 2. The Labute approximate surface area is 127 Å². The standard InChI is InChI=1S/C14H17N3O3S/c1-19-9-12(18)15-14-17-16-13(21-14)8-5-10-3-6-11(20-2)7-4-10/h3-4,6-7H,5,8-9H2,1-2H3,(H,15,17,18). The summed E-state index contributed by atoms with van der Waals surface area (Å²) in [6.45, 7) is 0.0146. The second kappa shape index (κ2) is 7.70. The Morgan fingerprint density at radius 2 is 1.95 bits per heavy atom. The highest BCUT2D eigenvalue weighted by atomic mass is 32.1. The normalized spacial score (nSPS) is 10.4. The first kappa shape index (κ1) is 15.4. The minimum atomic E-state index is -0.227. The molecule has 0 aliphatic rings. The molecule has 1 amide bonds. The fraction of sp³-hybridized carbons (Fsp3) is 0.357. The van der Waals surface area contributed by atoms with Gasteiger partial charge in [-0.05, 0) is 24.1 Å². The van der Waals surface area contributed by atoms with Crippen LogP contribution in [0.15, 0.2) is 24.3 Å². The Bertz CT molecular complexity index is 583. The molecule has 1 aromatic carbocycles. The van der Waals surface area contributed by atoms with E-state index in [-0.39, 0.29) is 12.5 Å². The van der Waals surface area contributed by atoms with Gasteiger partial charge in [0, 0.05) is 13.5 Å². The third-order valence-electron chi connectivity index (χ3n) is 2.78. The zero-order valence-corrected chi connectivity index (χ0v) is 12.8. The van der Waals surface area contributed by atoms with Crippen LogP contribution in [-0.4, -0.2) is 36.9 Å². The number of ether oxygens (including phenoxy) is 2. The van der Waals surface area contributed by atoms with Gasteiger partial charge in [0.05, 0.1) is 7.11 Å². The molecule has 1 heterocycles. The number of hydrogen-bond donors (Lipinski definition) is 1. The molecule has 1 N–H and O–H groups in total. The number of benzene rings is 1. The summed E-state index contributed by atoms with van der Waals surface area (Å²) in [7, 11) is 3.12. The highest BCUT2D eigenvalue weighted by Gasteiger charge is 2.08. The van der Waals surface area contributed by atoms with Gasteiger partial charge in [0.15, 0.2) is 0 Å². The molecular formula is C14H17N3O3S. The van der Waals surface area contributed by atoms with E-state index in [2.05, 4.69) is 15.5 Å². The average Bonchev–Trinajstić information content (AvgIpc) is 2.93. The van der Waals surface area contributed by atoms with E-state index in [1.165, 1.54) is 24.0 Å². The summed E-state index contributed by atoms with van der Waals surface area (Å²) in [5.41, 5.74) is 1.20. The summed E-state index contributed by atoms with van der Waals surface area (Å²) < 4.78 is 9.86. The molecule has 0 saturated heterocycles. The molecule has 0 atom stereocenters. The monoisotopic (exact) mass is 307 g/mol. The maximum absolute atomic E-state index is 11.4. The molecule has 2 aromatic rings. The van der Waals surface area contributed by atoms with E-state index in [1.807, 2.05) is 24.3 Å². The number of anilines is 1. The molecule has 0 bridgehead atoms. The first-order valence-electron chi connectivity index (χ1n) is 6.45. The van der Waals surface area contributed by atoms with Crippen LogP contribution in [0.1, 0.15) is 10.6 Å². The molecule has 7 heteroatoms. The van der Waals surface area contributed by atoms with Crippen LogP contribution in [0.3, 0.4) is 0 Å².